The summed E-state index contributed by atoms with van der Waals surface area (Å²) in [6, 6.07) is 10.5. The zero-order valence-corrected chi connectivity index (χ0v) is 11.2. The number of carbonyl (C=O) groups excluding carboxylic acids is 1. The Bertz CT molecular complexity index is 660. The molecule has 1 N–H and O–H groups in total. The minimum atomic E-state index is -0.317. The molecule has 0 fully saturated rings. The number of nitrogens with zero attached hydrogens (tertiary/aromatic N) is 1. The standard InChI is InChI=1S/C15H14N2O4/c18-15(11-4-3-7-17(19)9-11)16-8-12-10-20-13-5-1-2-6-14(13)21-12/h1-7,9,12H,8,10H2,(H,16,18). The second-order valence-corrected chi connectivity index (χ2v) is 4.66. The summed E-state index contributed by atoms with van der Waals surface area (Å²) < 4.78 is 11.9. The predicted octanol–water partition coefficient (Wildman–Crippen LogP) is 0.890. The van der Waals surface area contributed by atoms with E-state index in [9.17, 15) is 10.0 Å². The smallest absolute Gasteiger partial charge is 0.257 e. The molecule has 1 atom stereocenters. The van der Waals surface area contributed by atoms with Crippen molar-refractivity contribution in [1.29, 1.82) is 0 Å². The topological polar surface area (TPSA) is 74.5 Å². The van der Waals surface area contributed by atoms with Crippen molar-refractivity contribution >= 4 is 5.91 Å². The average Bonchev–Trinajstić information content (AvgIpc) is 2.52. The van der Waals surface area contributed by atoms with E-state index in [0.717, 1.165) is 0 Å². The number of para-hydroxylation sites is 2. The first-order valence-corrected chi connectivity index (χ1v) is 6.58. The van der Waals surface area contributed by atoms with Gasteiger partial charge in [-0.15, -0.1) is 0 Å². The molecule has 0 bridgehead atoms. The Hall–Kier alpha value is -2.76. The number of pyridine rings is 1. The number of benzene rings is 1. The van der Waals surface area contributed by atoms with Crippen LogP contribution in [-0.2, 0) is 0 Å². The molecule has 6 nitrogen and oxygen atoms in total. The molecule has 2 heterocycles. The molecule has 108 valence electrons. The van der Waals surface area contributed by atoms with E-state index in [4.69, 9.17) is 9.47 Å². The Balaban J connectivity index is 1.58. The zero-order chi connectivity index (χ0) is 14.7. The van der Waals surface area contributed by atoms with E-state index < -0.39 is 0 Å². The first kappa shape index (κ1) is 13.2. The van der Waals surface area contributed by atoms with Crippen molar-refractivity contribution < 1.29 is 19.0 Å². The summed E-state index contributed by atoms with van der Waals surface area (Å²) in [5, 5.41) is 13.9. The van der Waals surface area contributed by atoms with Crippen LogP contribution in [0.3, 0.4) is 0 Å². The first-order valence-electron chi connectivity index (χ1n) is 6.58. The van der Waals surface area contributed by atoms with Crippen LogP contribution < -0.4 is 19.5 Å². The van der Waals surface area contributed by atoms with Crippen molar-refractivity contribution in [3.8, 4) is 11.5 Å². The van der Waals surface area contributed by atoms with Gasteiger partial charge in [0.15, 0.2) is 23.9 Å². The highest BCUT2D eigenvalue weighted by Crippen LogP contribution is 2.30. The zero-order valence-electron chi connectivity index (χ0n) is 11.2. The molecule has 21 heavy (non-hydrogen) atoms. The molecule has 3 rings (SSSR count). The Kier molecular flexibility index (Phi) is 3.59. The maximum atomic E-state index is 11.9. The lowest BCUT2D eigenvalue weighted by Gasteiger charge is -2.26. The predicted molar refractivity (Wildman–Crippen MR) is 74.1 cm³/mol. The molecular formula is C15H14N2O4. The third kappa shape index (κ3) is 3.05. The lowest BCUT2D eigenvalue weighted by molar-refractivity contribution is -0.605. The van der Waals surface area contributed by atoms with Gasteiger partial charge < -0.3 is 20.0 Å². The quantitative estimate of drug-likeness (QED) is 0.671. The molecule has 0 saturated heterocycles. The third-order valence-corrected chi connectivity index (χ3v) is 3.10. The second kappa shape index (κ2) is 5.70. The van der Waals surface area contributed by atoms with Gasteiger partial charge in [0.2, 0.25) is 0 Å². The van der Waals surface area contributed by atoms with E-state index in [1.165, 1.54) is 18.5 Å². The summed E-state index contributed by atoms with van der Waals surface area (Å²) in [7, 11) is 0. The largest absolute Gasteiger partial charge is 0.619 e. The second-order valence-electron chi connectivity index (χ2n) is 4.66. The lowest BCUT2D eigenvalue weighted by Crippen LogP contribution is -2.41. The normalized spacial score (nSPS) is 16.3. The van der Waals surface area contributed by atoms with Crippen LogP contribution in [0.15, 0.2) is 48.8 Å². The van der Waals surface area contributed by atoms with E-state index in [1.807, 2.05) is 24.3 Å². The van der Waals surface area contributed by atoms with Crippen molar-refractivity contribution in [1.82, 2.24) is 5.32 Å². The highest BCUT2D eigenvalue weighted by Gasteiger charge is 2.21. The molecule has 1 amide bonds. The Morgan fingerprint density at radius 1 is 1.29 bits per heavy atom. The van der Waals surface area contributed by atoms with Gasteiger partial charge in [-0.05, 0) is 18.2 Å². The van der Waals surface area contributed by atoms with Crippen LogP contribution in [0.25, 0.3) is 0 Å². The van der Waals surface area contributed by atoms with Crippen molar-refractivity contribution in [3.05, 3.63) is 59.6 Å². The number of amides is 1. The van der Waals surface area contributed by atoms with Crippen molar-refractivity contribution in [2.24, 2.45) is 0 Å². The van der Waals surface area contributed by atoms with Gasteiger partial charge in [-0.25, -0.2) is 0 Å². The maximum absolute atomic E-state index is 11.9. The van der Waals surface area contributed by atoms with Gasteiger partial charge in [0, 0.05) is 6.07 Å². The number of aromatic nitrogens is 1. The third-order valence-electron chi connectivity index (χ3n) is 3.10. The summed E-state index contributed by atoms with van der Waals surface area (Å²) in [5.41, 5.74) is 0.310. The fourth-order valence-corrected chi connectivity index (χ4v) is 2.06. The van der Waals surface area contributed by atoms with Gasteiger partial charge in [-0.1, -0.05) is 12.1 Å². The molecule has 1 aliphatic heterocycles. The molecule has 0 spiro atoms. The Morgan fingerprint density at radius 3 is 2.90 bits per heavy atom. The van der Waals surface area contributed by atoms with E-state index in [0.29, 0.717) is 34.9 Å². The number of ether oxygens (including phenoxy) is 2. The van der Waals surface area contributed by atoms with Crippen LogP contribution in [0.2, 0.25) is 0 Å². The molecule has 1 unspecified atom stereocenters. The Labute approximate surface area is 121 Å². The monoisotopic (exact) mass is 286 g/mol. The number of hydrogen-bond acceptors (Lipinski definition) is 4. The molecule has 0 aliphatic carbocycles. The van der Waals surface area contributed by atoms with Gasteiger partial charge in [-0.3, -0.25) is 4.79 Å². The summed E-state index contributed by atoms with van der Waals surface area (Å²) in [5.74, 6) is 1.05. The molecular weight excluding hydrogens is 272 g/mol. The molecule has 1 aromatic carbocycles. The molecule has 1 aliphatic rings. The Morgan fingerprint density at radius 2 is 2.10 bits per heavy atom. The van der Waals surface area contributed by atoms with Crippen LogP contribution in [0, 0.1) is 5.21 Å². The molecule has 0 radical (unpaired) electrons. The molecule has 1 aromatic heterocycles. The maximum Gasteiger partial charge on any atom is 0.257 e. The van der Waals surface area contributed by atoms with Gasteiger partial charge in [0.05, 0.1) is 6.54 Å². The van der Waals surface area contributed by atoms with Gasteiger partial charge >= 0.3 is 0 Å². The van der Waals surface area contributed by atoms with Crippen LogP contribution in [-0.4, -0.2) is 25.2 Å². The SMILES string of the molecule is O=C(NCC1COc2ccccc2O1)c1ccc[n+]([O-])c1. The highest BCUT2D eigenvalue weighted by atomic mass is 16.6. The van der Waals surface area contributed by atoms with Crippen LogP contribution in [0.1, 0.15) is 10.4 Å². The number of carbonyl (C=O) groups is 1. The minimum Gasteiger partial charge on any atom is -0.619 e. The summed E-state index contributed by atoms with van der Waals surface area (Å²) in [6.07, 6.45) is 2.29. The minimum absolute atomic E-state index is 0.257. The number of nitrogens with one attached hydrogen (secondary N) is 1. The van der Waals surface area contributed by atoms with Gasteiger partial charge in [0.25, 0.3) is 5.91 Å². The van der Waals surface area contributed by atoms with Crippen LogP contribution in [0.4, 0.5) is 0 Å². The number of hydrogen-bond donors (Lipinski definition) is 1. The van der Waals surface area contributed by atoms with Crippen LogP contribution >= 0.6 is 0 Å². The van der Waals surface area contributed by atoms with Crippen molar-refractivity contribution in [2.45, 2.75) is 6.10 Å². The molecule has 6 heteroatoms. The fourth-order valence-electron chi connectivity index (χ4n) is 2.06. The average molecular weight is 286 g/mol. The van der Waals surface area contributed by atoms with E-state index in [1.54, 1.807) is 6.07 Å². The fraction of sp³-hybridized carbons (Fsp3) is 0.200. The molecule has 0 saturated carbocycles. The van der Waals surface area contributed by atoms with Crippen molar-refractivity contribution in [3.63, 3.8) is 0 Å². The highest BCUT2D eigenvalue weighted by molar-refractivity contribution is 5.93. The van der Waals surface area contributed by atoms with Gasteiger partial charge in [-0.2, -0.15) is 4.73 Å². The lowest BCUT2D eigenvalue weighted by atomic mass is 10.2. The molecule has 2 aromatic rings. The summed E-state index contributed by atoms with van der Waals surface area (Å²) in [6.45, 7) is 0.675. The van der Waals surface area contributed by atoms with E-state index in [2.05, 4.69) is 5.32 Å². The summed E-state index contributed by atoms with van der Waals surface area (Å²) >= 11 is 0. The van der Waals surface area contributed by atoms with Crippen LogP contribution in [0.5, 0.6) is 11.5 Å². The van der Waals surface area contributed by atoms with E-state index in [-0.39, 0.29) is 12.0 Å². The first-order chi connectivity index (χ1) is 10.2. The number of rotatable bonds is 3. The van der Waals surface area contributed by atoms with Crippen molar-refractivity contribution in [2.75, 3.05) is 13.2 Å². The number of fused-ring (bicyclic) bond motifs is 1. The van der Waals surface area contributed by atoms with Gasteiger partial charge in [0.1, 0.15) is 18.3 Å². The van der Waals surface area contributed by atoms with E-state index >= 15 is 0 Å². The summed E-state index contributed by atoms with van der Waals surface area (Å²) in [4.78, 5) is 11.9.